The predicted molar refractivity (Wildman–Crippen MR) is 61.5 cm³/mol. The molecule has 1 nitrogen and oxygen atoms in total. The number of hydrogen-bond acceptors (Lipinski definition) is 1. The standard InChI is InChI=1S/C12H24F3N/c1-3-7-11(8-4-2)16-10-6-5-9-12(13,14)15/h11,16H,3-10H2,1-2H3. The van der Waals surface area contributed by atoms with E-state index >= 15 is 0 Å². The number of rotatable bonds is 9. The summed E-state index contributed by atoms with van der Waals surface area (Å²) in [6.07, 6.45) is 0.693. The van der Waals surface area contributed by atoms with Gasteiger partial charge in [0.25, 0.3) is 0 Å². The molecule has 0 rings (SSSR count). The van der Waals surface area contributed by atoms with Gasteiger partial charge in [0.15, 0.2) is 0 Å². The molecule has 0 amide bonds. The van der Waals surface area contributed by atoms with Crippen LogP contribution >= 0.6 is 0 Å². The Bertz CT molecular complexity index is 151. The normalized spacial score (nSPS) is 12.4. The molecule has 0 aromatic heterocycles. The largest absolute Gasteiger partial charge is 0.389 e. The van der Waals surface area contributed by atoms with Crippen LogP contribution in [-0.2, 0) is 0 Å². The van der Waals surface area contributed by atoms with Crippen molar-refractivity contribution < 1.29 is 13.2 Å². The van der Waals surface area contributed by atoms with E-state index in [2.05, 4.69) is 19.2 Å². The van der Waals surface area contributed by atoms with Crippen molar-refractivity contribution >= 4 is 0 Å². The molecule has 0 atom stereocenters. The predicted octanol–water partition coefficient (Wildman–Crippen LogP) is 4.28. The zero-order valence-corrected chi connectivity index (χ0v) is 10.4. The van der Waals surface area contributed by atoms with Gasteiger partial charge in [0.2, 0.25) is 0 Å². The third-order valence-electron chi connectivity index (χ3n) is 2.59. The summed E-state index contributed by atoms with van der Waals surface area (Å²) in [5, 5.41) is 3.34. The Kier molecular flexibility index (Phi) is 8.71. The molecule has 0 aliphatic rings. The molecule has 1 N–H and O–H groups in total. The summed E-state index contributed by atoms with van der Waals surface area (Å²) in [7, 11) is 0. The summed E-state index contributed by atoms with van der Waals surface area (Å²) in [5.41, 5.74) is 0. The van der Waals surface area contributed by atoms with Gasteiger partial charge < -0.3 is 5.32 Å². The van der Waals surface area contributed by atoms with E-state index in [1.54, 1.807) is 0 Å². The van der Waals surface area contributed by atoms with Gasteiger partial charge >= 0.3 is 6.18 Å². The molecular weight excluding hydrogens is 215 g/mol. The molecule has 0 radical (unpaired) electrons. The second kappa shape index (κ2) is 8.85. The zero-order valence-electron chi connectivity index (χ0n) is 10.4. The Morgan fingerprint density at radius 3 is 2.00 bits per heavy atom. The van der Waals surface area contributed by atoms with Crippen LogP contribution in [0.1, 0.15) is 58.8 Å². The summed E-state index contributed by atoms with van der Waals surface area (Å²) >= 11 is 0. The molecule has 16 heavy (non-hydrogen) atoms. The second-order valence-electron chi connectivity index (χ2n) is 4.30. The third kappa shape index (κ3) is 10.3. The molecular formula is C12H24F3N. The molecule has 0 aliphatic heterocycles. The fraction of sp³-hybridized carbons (Fsp3) is 1.00. The minimum Gasteiger partial charge on any atom is -0.314 e. The van der Waals surface area contributed by atoms with Crippen LogP contribution in [0.15, 0.2) is 0 Å². The van der Waals surface area contributed by atoms with E-state index in [-0.39, 0.29) is 6.42 Å². The van der Waals surface area contributed by atoms with Crippen LogP contribution in [0.4, 0.5) is 13.2 Å². The maximum absolute atomic E-state index is 11.9. The van der Waals surface area contributed by atoms with Crippen LogP contribution in [0.2, 0.25) is 0 Å². The summed E-state index contributed by atoms with van der Waals surface area (Å²) in [4.78, 5) is 0. The first-order chi connectivity index (χ1) is 7.49. The molecule has 0 aromatic carbocycles. The van der Waals surface area contributed by atoms with Crippen molar-refractivity contribution in [2.45, 2.75) is 71.0 Å². The van der Waals surface area contributed by atoms with Crippen molar-refractivity contribution in [2.75, 3.05) is 6.54 Å². The lowest BCUT2D eigenvalue weighted by atomic mass is 10.1. The SMILES string of the molecule is CCCC(CCC)NCCCCC(F)(F)F. The Morgan fingerprint density at radius 1 is 1.00 bits per heavy atom. The van der Waals surface area contributed by atoms with E-state index in [1.165, 1.54) is 0 Å². The summed E-state index contributed by atoms with van der Waals surface area (Å²) in [5.74, 6) is 0. The van der Waals surface area contributed by atoms with Gasteiger partial charge in [0, 0.05) is 12.5 Å². The number of alkyl halides is 3. The average Bonchev–Trinajstić information content (AvgIpc) is 2.16. The van der Waals surface area contributed by atoms with Crippen molar-refractivity contribution in [3.63, 3.8) is 0 Å². The van der Waals surface area contributed by atoms with Crippen molar-refractivity contribution in [3.05, 3.63) is 0 Å². The molecule has 0 saturated heterocycles. The lowest BCUT2D eigenvalue weighted by Crippen LogP contribution is -2.29. The van der Waals surface area contributed by atoms with Crippen molar-refractivity contribution in [2.24, 2.45) is 0 Å². The molecule has 0 bridgehead atoms. The molecule has 98 valence electrons. The van der Waals surface area contributed by atoms with Crippen LogP contribution < -0.4 is 5.32 Å². The number of unbranched alkanes of at least 4 members (excludes halogenated alkanes) is 1. The molecule has 0 saturated carbocycles. The second-order valence-corrected chi connectivity index (χ2v) is 4.30. The average molecular weight is 239 g/mol. The lowest BCUT2D eigenvalue weighted by Gasteiger charge is -2.17. The van der Waals surface area contributed by atoms with E-state index in [1.807, 2.05) is 0 Å². The first-order valence-electron chi connectivity index (χ1n) is 6.29. The fourth-order valence-electron chi connectivity index (χ4n) is 1.80. The molecule has 0 spiro atoms. The van der Waals surface area contributed by atoms with E-state index in [0.717, 1.165) is 25.7 Å². The summed E-state index contributed by atoms with van der Waals surface area (Å²) in [6, 6.07) is 0.487. The summed E-state index contributed by atoms with van der Waals surface area (Å²) in [6.45, 7) is 4.97. The maximum Gasteiger partial charge on any atom is 0.389 e. The Hall–Kier alpha value is -0.250. The van der Waals surface area contributed by atoms with Gasteiger partial charge in [-0.25, -0.2) is 0 Å². The van der Waals surface area contributed by atoms with Crippen LogP contribution in [0.3, 0.4) is 0 Å². The lowest BCUT2D eigenvalue weighted by molar-refractivity contribution is -0.135. The van der Waals surface area contributed by atoms with Crippen LogP contribution in [-0.4, -0.2) is 18.8 Å². The van der Waals surface area contributed by atoms with Gasteiger partial charge in [-0.2, -0.15) is 13.2 Å². The highest BCUT2D eigenvalue weighted by Gasteiger charge is 2.25. The van der Waals surface area contributed by atoms with Gasteiger partial charge in [0.1, 0.15) is 0 Å². The first kappa shape index (κ1) is 15.8. The van der Waals surface area contributed by atoms with Gasteiger partial charge in [-0.1, -0.05) is 26.7 Å². The van der Waals surface area contributed by atoms with Gasteiger partial charge in [-0.05, 0) is 32.2 Å². The molecule has 0 fully saturated rings. The van der Waals surface area contributed by atoms with Gasteiger partial charge in [-0.15, -0.1) is 0 Å². The topological polar surface area (TPSA) is 12.0 Å². The van der Waals surface area contributed by atoms with E-state index in [9.17, 15) is 13.2 Å². The van der Waals surface area contributed by atoms with Gasteiger partial charge in [-0.3, -0.25) is 0 Å². The third-order valence-corrected chi connectivity index (χ3v) is 2.59. The minimum atomic E-state index is -3.99. The maximum atomic E-state index is 11.9. The quantitative estimate of drug-likeness (QED) is 0.592. The highest BCUT2D eigenvalue weighted by Crippen LogP contribution is 2.21. The van der Waals surface area contributed by atoms with Crippen molar-refractivity contribution in [1.82, 2.24) is 5.32 Å². The van der Waals surface area contributed by atoms with Crippen molar-refractivity contribution in [3.8, 4) is 0 Å². The number of hydrogen-bond donors (Lipinski definition) is 1. The van der Waals surface area contributed by atoms with E-state index in [0.29, 0.717) is 19.0 Å². The molecule has 4 heteroatoms. The Morgan fingerprint density at radius 2 is 1.56 bits per heavy atom. The van der Waals surface area contributed by atoms with Gasteiger partial charge in [0.05, 0.1) is 0 Å². The molecule has 0 heterocycles. The molecule has 0 unspecified atom stereocenters. The van der Waals surface area contributed by atoms with E-state index < -0.39 is 12.6 Å². The fourth-order valence-corrected chi connectivity index (χ4v) is 1.80. The smallest absolute Gasteiger partial charge is 0.314 e. The molecule has 0 aromatic rings. The number of nitrogens with one attached hydrogen (secondary N) is 1. The van der Waals surface area contributed by atoms with Crippen LogP contribution in [0, 0.1) is 0 Å². The van der Waals surface area contributed by atoms with Crippen molar-refractivity contribution in [1.29, 1.82) is 0 Å². The number of halogens is 3. The highest BCUT2D eigenvalue weighted by atomic mass is 19.4. The Balaban J connectivity index is 3.46. The monoisotopic (exact) mass is 239 g/mol. The van der Waals surface area contributed by atoms with Crippen LogP contribution in [0.25, 0.3) is 0 Å². The summed E-state index contributed by atoms with van der Waals surface area (Å²) < 4.78 is 35.6. The first-order valence-corrected chi connectivity index (χ1v) is 6.29. The zero-order chi connectivity index (χ0) is 12.4. The Labute approximate surface area is 96.8 Å². The highest BCUT2D eigenvalue weighted by molar-refractivity contribution is 4.65. The van der Waals surface area contributed by atoms with E-state index in [4.69, 9.17) is 0 Å². The van der Waals surface area contributed by atoms with Crippen LogP contribution in [0.5, 0.6) is 0 Å². The molecule has 0 aliphatic carbocycles. The minimum absolute atomic E-state index is 0.238.